The van der Waals surface area contributed by atoms with E-state index in [9.17, 15) is 38.4 Å². The molecule has 2 amide bonds. The van der Waals surface area contributed by atoms with Gasteiger partial charge in [0.1, 0.15) is 17.2 Å². The van der Waals surface area contributed by atoms with Crippen LogP contribution in [-0.2, 0) is 52.6 Å². The van der Waals surface area contributed by atoms with E-state index in [-0.39, 0.29) is 65.6 Å². The number of hydrogen-bond donors (Lipinski definition) is 7. The highest BCUT2D eigenvalue weighted by atomic mass is 79.9. The van der Waals surface area contributed by atoms with Crippen LogP contribution in [0, 0.1) is 0 Å². The Balaban J connectivity index is 0.000000500. The third-order valence-electron chi connectivity index (χ3n) is 8.47. The zero-order valence-electron chi connectivity index (χ0n) is 42.9. The second-order valence-corrected chi connectivity index (χ2v) is 21.7. The van der Waals surface area contributed by atoms with Crippen molar-refractivity contribution in [3.05, 3.63) is 54.6 Å². The van der Waals surface area contributed by atoms with Gasteiger partial charge in [-0.25, -0.2) is 15.0 Å². The van der Waals surface area contributed by atoms with Crippen LogP contribution in [0.3, 0.4) is 0 Å². The number of aromatic nitrogens is 3. The topological polar surface area (TPSA) is 341 Å². The summed E-state index contributed by atoms with van der Waals surface area (Å²) in [5, 5.41) is 32.2. The Bertz CT molecular complexity index is 2840. The smallest absolute Gasteiger partial charge is 0.313 e. The fraction of sp³-hybridized carbons (Fsp3) is 0.383. The van der Waals surface area contributed by atoms with Crippen molar-refractivity contribution in [1.82, 2.24) is 15.0 Å². The molecule has 0 saturated heterocycles. The van der Waals surface area contributed by atoms with Crippen LogP contribution in [0.2, 0.25) is 0 Å². The van der Waals surface area contributed by atoms with Crippen molar-refractivity contribution < 1.29 is 82.1 Å². The minimum atomic E-state index is -0.881. The van der Waals surface area contributed by atoms with Gasteiger partial charge in [0.15, 0.2) is 15.4 Å². The summed E-state index contributed by atoms with van der Waals surface area (Å²) in [7, 11) is 8.89. The van der Waals surface area contributed by atoms with Crippen LogP contribution in [0.1, 0.15) is 25.7 Å². The van der Waals surface area contributed by atoms with Crippen molar-refractivity contribution >= 4 is 192 Å². The van der Waals surface area contributed by atoms with Gasteiger partial charge in [0.25, 0.3) is 0 Å². The van der Waals surface area contributed by atoms with Crippen LogP contribution in [-0.4, -0.2) is 166 Å². The highest BCUT2D eigenvalue weighted by molar-refractivity contribution is 9.09. The first-order valence-corrected chi connectivity index (χ1v) is 29.9. The number of nitrogen functional groups attached to an aromatic ring is 1. The maximum atomic E-state index is 11.8. The number of nitrogens with one attached hydrogen (secondary N) is 2. The van der Waals surface area contributed by atoms with Crippen molar-refractivity contribution in [2.45, 2.75) is 25.7 Å². The number of nitrogens with two attached hydrogens (primary N) is 1. The molecule has 428 valence electrons. The van der Waals surface area contributed by atoms with Crippen LogP contribution in [0.25, 0.3) is 30.6 Å². The molecule has 23 nitrogen and oxygen atoms in total. The summed E-state index contributed by atoms with van der Waals surface area (Å²) in [4.78, 5) is 97.5. The number of thioether (sulfide) groups is 3. The monoisotopic (exact) mass is 1280 g/mol. The molecule has 0 spiro atoms. The van der Waals surface area contributed by atoms with Crippen LogP contribution >= 0.6 is 97.9 Å². The number of anilines is 3. The fourth-order valence-electron chi connectivity index (χ4n) is 4.87. The predicted octanol–water partition coefficient (Wildman–Crippen LogP) is 8.19. The van der Waals surface area contributed by atoms with Crippen LogP contribution in [0.4, 0.5) is 15.4 Å². The van der Waals surface area contributed by atoms with Crippen LogP contribution < -0.4 is 30.6 Å². The number of thiol groups is 1. The number of methoxy groups -OCH3 is 6. The Labute approximate surface area is 487 Å². The minimum absolute atomic E-state index is 0.0387. The van der Waals surface area contributed by atoms with Crippen LogP contribution in [0.15, 0.2) is 54.6 Å². The second kappa shape index (κ2) is 41.2. The molecule has 0 bridgehead atoms. The lowest BCUT2D eigenvalue weighted by Gasteiger charge is -2.01. The lowest BCUT2D eigenvalue weighted by Crippen LogP contribution is -2.14. The summed E-state index contributed by atoms with van der Waals surface area (Å²) >= 11 is 14.6. The number of hydrogen-bond acceptors (Lipinski definition) is 25. The molecular weight excluding hydrogens is 1220 g/mol. The molecule has 0 atom stereocenters. The number of alkyl halides is 1. The van der Waals surface area contributed by atoms with Crippen molar-refractivity contribution in [3.8, 4) is 17.2 Å². The van der Waals surface area contributed by atoms with Gasteiger partial charge in [-0.15, -0.1) is 11.8 Å². The molecule has 6 aromatic rings. The minimum Gasteiger partial charge on any atom is -0.497 e. The molecule has 7 N–H and O–H groups in total. The third kappa shape index (κ3) is 31.5. The number of aliphatic carboxylic acids is 3. The molecule has 6 rings (SSSR count). The van der Waals surface area contributed by atoms with Gasteiger partial charge >= 0.3 is 35.8 Å². The van der Waals surface area contributed by atoms with E-state index in [2.05, 4.69) is 68.4 Å². The van der Waals surface area contributed by atoms with E-state index in [0.29, 0.717) is 50.8 Å². The summed E-state index contributed by atoms with van der Waals surface area (Å²) in [6.45, 7) is 0. The SMILES string of the molecule is COC(=O)CCBr.COC(=O)CCSCC(=O)Nc1nc2ccc(OC)cc2s1.COC(=O)CCSCC(=O)O.COc1ccc2nc(N)sc2c1.COc1ccc2nc(NC(=O)CSCCC(=O)O)sc2c1.O=C(O)CS. The van der Waals surface area contributed by atoms with Gasteiger partial charge in [-0.2, -0.15) is 36.2 Å². The van der Waals surface area contributed by atoms with E-state index in [4.69, 9.17) is 35.3 Å². The number of ether oxygens (including phenoxy) is 6. The Morgan fingerprint density at radius 3 is 1.23 bits per heavy atom. The third-order valence-corrected chi connectivity index (χ3v) is 14.7. The highest BCUT2D eigenvalue weighted by Crippen LogP contribution is 2.31. The Hall–Kier alpha value is -5.83. The van der Waals surface area contributed by atoms with Crippen molar-refractivity contribution in [3.63, 3.8) is 0 Å². The molecule has 78 heavy (non-hydrogen) atoms. The first kappa shape index (κ1) is 70.2. The number of benzene rings is 3. The lowest BCUT2D eigenvalue weighted by molar-refractivity contribution is -0.141. The van der Waals surface area contributed by atoms with Crippen molar-refractivity contribution in [2.75, 3.05) is 105 Å². The Kier molecular flexibility index (Phi) is 37.1. The zero-order chi connectivity index (χ0) is 58.4. The molecule has 0 aliphatic heterocycles. The molecule has 0 unspecified atom stereocenters. The summed E-state index contributed by atoms with van der Waals surface area (Å²) < 4.78 is 31.5. The fourth-order valence-corrected chi connectivity index (χ4v) is 9.85. The number of carbonyl (C=O) groups is 8. The number of rotatable bonds is 23. The number of carbonyl (C=O) groups excluding carboxylic acids is 5. The number of nitrogens with zero attached hydrogens (tertiary/aromatic N) is 3. The van der Waals surface area contributed by atoms with Crippen molar-refractivity contribution in [1.29, 1.82) is 0 Å². The van der Waals surface area contributed by atoms with Gasteiger partial charge in [-0.1, -0.05) is 49.9 Å². The van der Waals surface area contributed by atoms with Gasteiger partial charge in [-0.05, 0) is 54.6 Å². The summed E-state index contributed by atoms with van der Waals surface area (Å²) in [6, 6.07) is 16.8. The molecule has 31 heteroatoms. The largest absolute Gasteiger partial charge is 0.497 e. The molecule has 3 heterocycles. The number of carboxylic acid groups (broad SMARTS) is 3. The average molecular weight is 1280 g/mol. The normalized spacial score (nSPS) is 9.90. The van der Waals surface area contributed by atoms with E-state index in [1.165, 1.54) is 90.6 Å². The second-order valence-electron chi connectivity index (χ2n) is 14.1. The van der Waals surface area contributed by atoms with E-state index < -0.39 is 17.9 Å². The van der Waals surface area contributed by atoms with Gasteiger partial charge in [0, 0.05) is 22.6 Å². The van der Waals surface area contributed by atoms with E-state index >= 15 is 0 Å². The first-order valence-electron chi connectivity index (χ1n) is 22.2. The standard InChI is InChI=1S/C14H16N2O4S2.C13H14N2O4S2.C8H8N2OS.C6H10O4S.C4H7BrO2.C2H4O2S/c1-19-9-3-4-10-11(7-9)22-14(15-10)16-12(17)8-21-6-5-13(18)20-2;1-19-8-2-3-9-10(6-8)21-13(14-9)15-11(16)7-20-5-4-12(17)18;1-11-5-2-3-6-7(4-5)12-8(9)10-6;1-10-6(9)2-3-11-4-5(7)8;1-7-4(6)2-3-5;3-2(4)1-5/h3-4,7H,5-6,8H2,1-2H3,(H,15,16,17);2-3,6H,4-5,7H2,1H3,(H,17,18)(H,14,15,16);2-4H,1H3,(H2,9,10);2-4H2,1H3,(H,7,8);2-3H2,1H3;5H,1H2,(H,3,4). The molecule has 0 aliphatic carbocycles. The molecule has 0 aliphatic rings. The van der Waals surface area contributed by atoms with E-state index in [1.54, 1.807) is 21.3 Å². The Morgan fingerprint density at radius 1 is 0.538 bits per heavy atom. The van der Waals surface area contributed by atoms with E-state index in [1.807, 2.05) is 54.6 Å². The average Bonchev–Trinajstić information content (AvgIpc) is 4.14. The van der Waals surface area contributed by atoms with Gasteiger partial charge in [0.2, 0.25) is 11.8 Å². The highest BCUT2D eigenvalue weighted by Gasteiger charge is 2.12. The van der Waals surface area contributed by atoms with Crippen molar-refractivity contribution in [2.24, 2.45) is 0 Å². The number of thiazole rings is 3. The quantitative estimate of drug-likeness (QED) is 0.0104. The number of carboxylic acids is 3. The molecule has 0 saturated carbocycles. The number of amides is 2. The van der Waals surface area contributed by atoms with E-state index in [0.717, 1.165) is 47.9 Å². The zero-order valence-corrected chi connectivity index (χ0v) is 50.3. The summed E-state index contributed by atoms with van der Waals surface area (Å²) in [5.74, 6) is 0.587. The van der Waals surface area contributed by atoms with Crippen LogP contribution in [0.5, 0.6) is 17.2 Å². The maximum Gasteiger partial charge on any atom is 0.313 e. The number of esters is 3. The summed E-state index contributed by atoms with van der Waals surface area (Å²) in [6.07, 6.45) is 1.08. The van der Waals surface area contributed by atoms with Gasteiger partial charge in [0.05, 0.1) is 122 Å². The first-order chi connectivity index (χ1) is 37.2. The van der Waals surface area contributed by atoms with Gasteiger partial charge < -0.3 is 60.1 Å². The molecular formula is C47H59BrN6O17S7. The predicted molar refractivity (Wildman–Crippen MR) is 317 cm³/mol. The molecule has 0 radical (unpaired) electrons. The number of halogens is 1. The summed E-state index contributed by atoms with van der Waals surface area (Å²) in [5.41, 5.74) is 8.10. The number of fused-ring (bicyclic) bond motifs is 3. The van der Waals surface area contributed by atoms with Gasteiger partial charge in [-0.3, -0.25) is 38.4 Å². The lowest BCUT2D eigenvalue weighted by atomic mass is 10.3. The molecule has 3 aromatic carbocycles. The Morgan fingerprint density at radius 2 is 0.897 bits per heavy atom. The molecule has 0 fully saturated rings. The maximum absolute atomic E-state index is 11.8. The molecule has 3 aromatic heterocycles.